The summed E-state index contributed by atoms with van der Waals surface area (Å²) in [4.78, 5) is 29.6. The Morgan fingerprint density at radius 1 is 1.23 bits per heavy atom. The fourth-order valence-corrected chi connectivity index (χ4v) is 4.82. The Morgan fingerprint density at radius 3 is 2.73 bits per heavy atom. The molecule has 7 heteroatoms. The van der Waals surface area contributed by atoms with Crippen molar-refractivity contribution in [2.45, 2.75) is 32.9 Å². The van der Waals surface area contributed by atoms with Gasteiger partial charge in [-0.3, -0.25) is 9.59 Å². The molecule has 2 aromatic rings. The molecule has 0 radical (unpaired) electrons. The van der Waals surface area contributed by atoms with Gasteiger partial charge in [0.2, 0.25) is 5.91 Å². The first-order valence-electron chi connectivity index (χ1n) is 10.7. The van der Waals surface area contributed by atoms with Crippen LogP contribution < -0.4 is 15.0 Å². The van der Waals surface area contributed by atoms with Gasteiger partial charge in [-0.15, -0.1) is 11.3 Å². The fraction of sp³-hybridized carbons (Fsp3) is 0.478. The van der Waals surface area contributed by atoms with Crippen LogP contribution in [0.5, 0.6) is 5.75 Å². The van der Waals surface area contributed by atoms with E-state index in [4.69, 9.17) is 4.74 Å². The fourth-order valence-electron chi connectivity index (χ4n) is 4.19. The molecule has 2 N–H and O–H groups in total. The maximum absolute atomic E-state index is 13.1. The van der Waals surface area contributed by atoms with E-state index in [2.05, 4.69) is 23.5 Å². The second-order valence-electron chi connectivity index (χ2n) is 8.47. The molecule has 1 atom stereocenters. The zero-order valence-corrected chi connectivity index (χ0v) is 18.5. The van der Waals surface area contributed by atoms with Gasteiger partial charge in [-0.1, -0.05) is 19.9 Å². The molecule has 2 amide bonds. The van der Waals surface area contributed by atoms with Crippen molar-refractivity contribution in [3.05, 3.63) is 51.7 Å². The molecule has 0 saturated carbocycles. The van der Waals surface area contributed by atoms with Crippen LogP contribution in [-0.2, 0) is 17.8 Å². The number of nitrogens with zero attached hydrogens (tertiary/aromatic N) is 1. The Hall–Kier alpha value is -2.38. The highest BCUT2D eigenvalue weighted by atomic mass is 32.1. The summed E-state index contributed by atoms with van der Waals surface area (Å²) in [6.45, 7) is 9.00. The highest BCUT2D eigenvalue weighted by Gasteiger charge is 2.32. The predicted molar refractivity (Wildman–Crippen MR) is 117 cm³/mol. The average Bonchev–Trinajstić information content (AvgIpc) is 3.43. The number of carbonyl (C=O) groups excluding carboxylic acids is 2. The second-order valence-corrected chi connectivity index (χ2v) is 9.41. The minimum Gasteiger partial charge on any atom is -0.493 e. The molecule has 30 heavy (non-hydrogen) atoms. The minimum atomic E-state index is -0.488. The summed E-state index contributed by atoms with van der Waals surface area (Å²) in [5.74, 6) is 0.930. The molecule has 160 valence electrons. The number of hydrogen-bond acceptors (Lipinski definition) is 4. The molecule has 2 aliphatic rings. The smallest absolute Gasteiger partial charge is 0.262 e. The van der Waals surface area contributed by atoms with Crippen LogP contribution in [0.2, 0.25) is 0 Å². The first-order chi connectivity index (χ1) is 14.5. The minimum absolute atomic E-state index is 0.0311. The zero-order chi connectivity index (χ0) is 21.1. The molecule has 4 rings (SSSR count). The normalized spacial score (nSPS) is 17.5. The topological polar surface area (TPSA) is 63.1 Å². The quantitative estimate of drug-likeness (QED) is 0.731. The van der Waals surface area contributed by atoms with Crippen molar-refractivity contribution in [3.8, 4) is 5.75 Å². The van der Waals surface area contributed by atoms with Crippen LogP contribution in [0, 0.1) is 5.92 Å². The summed E-state index contributed by atoms with van der Waals surface area (Å²) in [5, 5.41) is 4.82. The van der Waals surface area contributed by atoms with E-state index in [-0.39, 0.29) is 17.7 Å². The van der Waals surface area contributed by atoms with Crippen molar-refractivity contribution in [2.75, 3.05) is 32.8 Å². The van der Waals surface area contributed by atoms with E-state index >= 15 is 0 Å². The van der Waals surface area contributed by atoms with Gasteiger partial charge in [-0.05, 0) is 41.1 Å². The van der Waals surface area contributed by atoms with Crippen LogP contribution in [0.25, 0.3) is 0 Å². The van der Waals surface area contributed by atoms with Gasteiger partial charge < -0.3 is 19.9 Å². The number of quaternary nitrogens is 1. The molecule has 1 saturated heterocycles. The van der Waals surface area contributed by atoms with Gasteiger partial charge >= 0.3 is 0 Å². The van der Waals surface area contributed by atoms with E-state index < -0.39 is 6.04 Å². The van der Waals surface area contributed by atoms with Gasteiger partial charge in [-0.25, -0.2) is 0 Å². The number of thiophene rings is 1. The third-order valence-electron chi connectivity index (χ3n) is 5.95. The van der Waals surface area contributed by atoms with E-state index in [1.165, 1.54) is 27.4 Å². The zero-order valence-electron chi connectivity index (χ0n) is 17.6. The lowest BCUT2D eigenvalue weighted by Gasteiger charge is -2.35. The SMILES string of the molecule is CC(C)[C@H](NC(=O)c1cccs1)C(=O)N1CC[NH+](Cc2ccc3c(c2)CCO3)CC1. The summed E-state index contributed by atoms with van der Waals surface area (Å²) in [5.41, 5.74) is 2.64. The summed E-state index contributed by atoms with van der Waals surface area (Å²) < 4.78 is 5.60. The molecule has 1 fully saturated rings. The second kappa shape index (κ2) is 9.18. The number of amides is 2. The maximum atomic E-state index is 13.1. The largest absolute Gasteiger partial charge is 0.493 e. The molecule has 0 unspecified atom stereocenters. The molecule has 0 spiro atoms. The van der Waals surface area contributed by atoms with Crippen molar-refractivity contribution in [1.29, 1.82) is 0 Å². The van der Waals surface area contributed by atoms with E-state index in [1.807, 2.05) is 30.2 Å². The number of hydrogen-bond donors (Lipinski definition) is 2. The van der Waals surface area contributed by atoms with Crippen molar-refractivity contribution < 1.29 is 19.2 Å². The van der Waals surface area contributed by atoms with Gasteiger partial charge in [0.05, 0.1) is 37.7 Å². The number of benzene rings is 1. The highest BCUT2D eigenvalue weighted by Crippen LogP contribution is 2.25. The lowest BCUT2D eigenvalue weighted by Crippen LogP contribution is -3.13. The lowest BCUT2D eigenvalue weighted by atomic mass is 10.0. The van der Waals surface area contributed by atoms with E-state index in [0.29, 0.717) is 4.88 Å². The van der Waals surface area contributed by atoms with Gasteiger partial charge in [0.25, 0.3) is 5.91 Å². The number of piperazine rings is 1. The third-order valence-corrected chi connectivity index (χ3v) is 6.82. The van der Waals surface area contributed by atoms with Crippen LogP contribution in [-0.4, -0.2) is 55.5 Å². The molecule has 1 aromatic carbocycles. The van der Waals surface area contributed by atoms with Crippen LogP contribution >= 0.6 is 11.3 Å². The van der Waals surface area contributed by atoms with Crippen molar-refractivity contribution >= 4 is 23.2 Å². The summed E-state index contributed by atoms with van der Waals surface area (Å²) in [6, 6.07) is 9.65. The maximum Gasteiger partial charge on any atom is 0.262 e. The monoisotopic (exact) mass is 428 g/mol. The molecule has 3 heterocycles. The third kappa shape index (κ3) is 4.68. The Labute approximate surface area is 181 Å². The molecule has 1 aromatic heterocycles. The molecule has 0 bridgehead atoms. The van der Waals surface area contributed by atoms with Crippen molar-refractivity contribution in [1.82, 2.24) is 10.2 Å². The standard InChI is InChI=1S/C23H29N3O3S/c1-16(2)21(24-22(27)20-4-3-13-30-20)23(28)26-10-8-25(9-11-26)15-17-5-6-19-18(14-17)7-12-29-19/h3-6,13-14,16,21H,7-12,15H2,1-2H3,(H,24,27)/p+1/t21-/m0/s1. The Morgan fingerprint density at radius 2 is 2.03 bits per heavy atom. The first kappa shape index (κ1) is 20.9. The summed E-state index contributed by atoms with van der Waals surface area (Å²) >= 11 is 1.39. The predicted octanol–water partition coefficient (Wildman–Crippen LogP) is 1.36. The van der Waals surface area contributed by atoms with Crippen molar-refractivity contribution in [2.24, 2.45) is 5.92 Å². The van der Waals surface area contributed by atoms with Crippen LogP contribution in [0.3, 0.4) is 0 Å². The first-order valence-corrected chi connectivity index (χ1v) is 11.6. The Bertz CT molecular complexity index is 889. The van der Waals surface area contributed by atoms with Gasteiger partial charge in [0.15, 0.2) is 0 Å². The summed E-state index contributed by atoms with van der Waals surface area (Å²) in [6.07, 6.45) is 0.995. The number of nitrogens with one attached hydrogen (secondary N) is 2. The van der Waals surface area contributed by atoms with E-state index in [0.717, 1.165) is 51.5 Å². The molecular weight excluding hydrogens is 398 g/mol. The molecule has 6 nitrogen and oxygen atoms in total. The summed E-state index contributed by atoms with van der Waals surface area (Å²) in [7, 11) is 0. The molecule has 2 aliphatic heterocycles. The van der Waals surface area contributed by atoms with E-state index in [9.17, 15) is 9.59 Å². The van der Waals surface area contributed by atoms with Gasteiger partial charge in [-0.2, -0.15) is 0 Å². The van der Waals surface area contributed by atoms with Crippen molar-refractivity contribution in [3.63, 3.8) is 0 Å². The van der Waals surface area contributed by atoms with Gasteiger partial charge in [0.1, 0.15) is 18.3 Å². The Balaban J connectivity index is 1.31. The molecule has 0 aliphatic carbocycles. The number of ether oxygens (including phenoxy) is 1. The number of fused-ring (bicyclic) bond motifs is 1. The average molecular weight is 429 g/mol. The van der Waals surface area contributed by atoms with Gasteiger partial charge in [0, 0.05) is 12.0 Å². The lowest BCUT2D eigenvalue weighted by molar-refractivity contribution is -0.917. The molecular formula is C23H30N3O3S+. The highest BCUT2D eigenvalue weighted by molar-refractivity contribution is 7.12. The number of rotatable bonds is 6. The van der Waals surface area contributed by atoms with Crippen LogP contribution in [0.4, 0.5) is 0 Å². The number of carbonyl (C=O) groups is 2. The van der Waals surface area contributed by atoms with Crippen LogP contribution in [0.1, 0.15) is 34.6 Å². The van der Waals surface area contributed by atoms with Crippen LogP contribution in [0.15, 0.2) is 35.7 Å². The Kier molecular flexibility index (Phi) is 6.39. The van der Waals surface area contributed by atoms with E-state index in [1.54, 1.807) is 6.07 Å².